The smallest absolute Gasteiger partial charge is 0.455 e. The van der Waals surface area contributed by atoms with E-state index in [1.54, 1.807) is 23.5 Å². The molecule has 1 aliphatic carbocycles. The monoisotopic (exact) mass is 334 g/mol. The Kier molecular flexibility index (Phi) is 4.07. The molecule has 1 heterocycles. The topological polar surface area (TPSA) is 80.7 Å². The van der Waals surface area contributed by atoms with Crippen LogP contribution in [0, 0.1) is 0 Å². The third kappa shape index (κ3) is 2.72. The van der Waals surface area contributed by atoms with Gasteiger partial charge in [0.15, 0.2) is 0 Å². The summed E-state index contributed by atoms with van der Waals surface area (Å²) in [7, 11) is -5.80. The molecule has 2 fully saturated rings. The van der Waals surface area contributed by atoms with E-state index in [1.165, 1.54) is 0 Å². The quantitative estimate of drug-likeness (QED) is 0.622. The third-order valence-corrected chi connectivity index (χ3v) is 7.58. The van der Waals surface area contributed by atoms with Crippen LogP contribution in [0.4, 0.5) is 8.78 Å². The molecule has 1 saturated heterocycles. The molecule has 1 atom stereocenters. The summed E-state index contributed by atoms with van der Waals surface area (Å²) in [5, 5.41) is -4.91. The lowest BCUT2D eigenvalue weighted by molar-refractivity contribution is -0.166. The molecule has 1 N–H and O–H groups in total. The number of carbonyl (C=O) groups is 1. The molecule has 1 unspecified atom stereocenters. The third-order valence-electron chi connectivity index (χ3n) is 3.07. The van der Waals surface area contributed by atoms with Gasteiger partial charge in [-0.2, -0.15) is 17.2 Å². The molecule has 19 heavy (non-hydrogen) atoms. The van der Waals surface area contributed by atoms with Crippen LogP contribution in [0.2, 0.25) is 0 Å². The Balaban J connectivity index is 2.11. The first-order chi connectivity index (χ1) is 8.69. The minimum Gasteiger partial charge on any atom is -0.455 e. The molecule has 5 nitrogen and oxygen atoms in total. The maximum atomic E-state index is 13.1. The predicted molar refractivity (Wildman–Crippen MR) is 67.9 cm³/mol. The number of alkyl halides is 2. The van der Waals surface area contributed by atoms with Crippen LogP contribution in [0.15, 0.2) is 0 Å². The van der Waals surface area contributed by atoms with Crippen molar-refractivity contribution in [3.63, 3.8) is 0 Å². The number of esters is 1. The van der Waals surface area contributed by atoms with Crippen LogP contribution < -0.4 is 0 Å². The van der Waals surface area contributed by atoms with Gasteiger partial charge in [-0.1, -0.05) is 0 Å². The van der Waals surface area contributed by atoms with Crippen molar-refractivity contribution in [2.24, 2.45) is 0 Å². The van der Waals surface area contributed by atoms with Crippen LogP contribution in [0.25, 0.3) is 0 Å². The lowest BCUT2D eigenvalue weighted by Crippen LogP contribution is -2.43. The van der Waals surface area contributed by atoms with Gasteiger partial charge in [0.25, 0.3) is 0 Å². The van der Waals surface area contributed by atoms with Crippen LogP contribution in [0.3, 0.4) is 0 Å². The standard InChI is InChI=1S/C9H12F2O5S3/c10-9(11,19(13,14)15)7(12)16-6-2-1-3-8(6)17-4-5-18-8/h6H,1-5H2,(H,13,14,15). The van der Waals surface area contributed by atoms with Crippen LogP contribution in [-0.4, -0.2) is 45.9 Å². The highest BCUT2D eigenvalue weighted by Gasteiger charge is 2.57. The average Bonchev–Trinajstić information content (AvgIpc) is 2.89. The first-order valence-electron chi connectivity index (χ1n) is 5.53. The van der Waals surface area contributed by atoms with Crippen molar-refractivity contribution < 1.29 is 31.3 Å². The number of halogens is 2. The zero-order chi connectivity index (χ0) is 14.3. The Morgan fingerprint density at radius 1 is 1.37 bits per heavy atom. The molecule has 110 valence electrons. The highest BCUT2D eigenvalue weighted by molar-refractivity contribution is 8.21. The molecule has 2 rings (SSSR count). The number of carbonyl (C=O) groups excluding carboxylic acids is 1. The molecular weight excluding hydrogens is 322 g/mol. The molecule has 0 radical (unpaired) electrons. The Hall–Kier alpha value is -0.0600. The zero-order valence-electron chi connectivity index (χ0n) is 9.67. The van der Waals surface area contributed by atoms with Gasteiger partial charge in [0.1, 0.15) is 6.10 Å². The van der Waals surface area contributed by atoms with Crippen molar-refractivity contribution >= 4 is 39.6 Å². The van der Waals surface area contributed by atoms with Gasteiger partial charge in [0.05, 0.1) is 4.08 Å². The lowest BCUT2D eigenvalue weighted by Gasteiger charge is -2.29. The molecule has 0 aromatic heterocycles. The molecule has 1 saturated carbocycles. The summed E-state index contributed by atoms with van der Waals surface area (Å²) in [6.45, 7) is 0. The van der Waals surface area contributed by atoms with E-state index in [9.17, 15) is 22.0 Å². The van der Waals surface area contributed by atoms with E-state index in [1.807, 2.05) is 0 Å². The summed E-state index contributed by atoms with van der Waals surface area (Å²) in [4.78, 5) is 11.3. The summed E-state index contributed by atoms with van der Waals surface area (Å²) in [6.07, 6.45) is 1.14. The molecule has 0 aromatic rings. The lowest BCUT2D eigenvalue weighted by atomic mass is 10.3. The highest BCUT2D eigenvalue weighted by Crippen LogP contribution is 2.55. The van der Waals surface area contributed by atoms with E-state index >= 15 is 0 Å². The van der Waals surface area contributed by atoms with E-state index < -0.39 is 31.5 Å². The van der Waals surface area contributed by atoms with Crippen molar-refractivity contribution in [3.05, 3.63) is 0 Å². The SMILES string of the molecule is O=C(OC1CCCC12SCCS2)C(F)(F)S(=O)(=O)O. The van der Waals surface area contributed by atoms with Gasteiger partial charge in [0.2, 0.25) is 0 Å². The number of thioether (sulfide) groups is 2. The number of hydrogen-bond donors (Lipinski definition) is 1. The van der Waals surface area contributed by atoms with Gasteiger partial charge in [-0.15, -0.1) is 23.5 Å². The van der Waals surface area contributed by atoms with Gasteiger partial charge in [0, 0.05) is 11.5 Å². The van der Waals surface area contributed by atoms with E-state index in [0.29, 0.717) is 6.42 Å². The largest absolute Gasteiger partial charge is 0.465 e. The Morgan fingerprint density at radius 2 is 1.95 bits per heavy atom. The molecule has 0 aromatic carbocycles. The van der Waals surface area contributed by atoms with Crippen molar-refractivity contribution in [3.8, 4) is 0 Å². The fourth-order valence-electron chi connectivity index (χ4n) is 2.17. The van der Waals surface area contributed by atoms with E-state index in [2.05, 4.69) is 4.74 Å². The molecule has 1 aliphatic heterocycles. The van der Waals surface area contributed by atoms with Gasteiger partial charge >= 0.3 is 21.3 Å². The van der Waals surface area contributed by atoms with E-state index in [4.69, 9.17) is 4.55 Å². The van der Waals surface area contributed by atoms with Gasteiger partial charge in [-0.25, -0.2) is 4.79 Å². The van der Waals surface area contributed by atoms with Gasteiger partial charge < -0.3 is 4.74 Å². The fourth-order valence-corrected chi connectivity index (χ4v) is 5.90. The summed E-state index contributed by atoms with van der Waals surface area (Å²) in [5.74, 6) is -0.518. The Bertz CT molecular complexity index is 467. The summed E-state index contributed by atoms with van der Waals surface area (Å²) in [5.41, 5.74) is 0. The molecule has 10 heteroatoms. The van der Waals surface area contributed by atoms with E-state index in [-0.39, 0.29) is 0 Å². The van der Waals surface area contributed by atoms with Crippen molar-refractivity contribution in [2.45, 2.75) is 34.7 Å². The first kappa shape index (κ1) is 15.3. The number of hydrogen-bond acceptors (Lipinski definition) is 6. The van der Waals surface area contributed by atoms with Gasteiger partial charge in [-0.05, 0) is 19.3 Å². The Labute approximate surface area is 117 Å². The number of ether oxygens (including phenoxy) is 1. The molecule has 0 bridgehead atoms. The van der Waals surface area contributed by atoms with Crippen molar-refractivity contribution in [2.75, 3.05) is 11.5 Å². The van der Waals surface area contributed by atoms with Crippen LogP contribution in [-0.2, 0) is 19.6 Å². The molecular formula is C9H12F2O5S3. The second kappa shape index (κ2) is 5.05. The molecule has 0 amide bonds. The van der Waals surface area contributed by atoms with E-state index in [0.717, 1.165) is 24.3 Å². The average molecular weight is 334 g/mol. The second-order valence-corrected chi connectivity index (χ2v) is 8.86. The van der Waals surface area contributed by atoms with Crippen molar-refractivity contribution in [1.29, 1.82) is 0 Å². The maximum Gasteiger partial charge on any atom is 0.465 e. The second-order valence-electron chi connectivity index (χ2n) is 4.29. The maximum absolute atomic E-state index is 13.1. The van der Waals surface area contributed by atoms with Gasteiger partial charge in [-0.3, -0.25) is 4.55 Å². The number of rotatable bonds is 3. The minimum atomic E-state index is -5.80. The van der Waals surface area contributed by atoms with Crippen LogP contribution >= 0.6 is 23.5 Å². The summed E-state index contributed by atoms with van der Waals surface area (Å²) in [6, 6.07) is 0. The fraction of sp³-hybridized carbons (Fsp3) is 0.889. The summed E-state index contributed by atoms with van der Waals surface area (Å²) >= 11 is 3.10. The normalized spacial score (nSPS) is 26.8. The predicted octanol–water partition coefficient (Wildman–Crippen LogP) is 1.74. The molecule has 1 spiro atoms. The summed E-state index contributed by atoms with van der Waals surface area (Å²) < 4.78 is 59.8. The van der Waals surface area contributed by atoms with Crippen molar-refractivity contribution in [1.82, 2.24) is 0 Å². The van der Waals surface area contributed by atoms with Crippen LogP contribution in [0.1, 0.15) is 19.3 Å². The van der Waals surface area contributed by atoms with Crippen LogP contribution in [0.5, 0.6) is 0 Å². The first-order valence-corrected chi connectivity index (χ1v) is 8.94. The Morgan fingerprint density at radius 3 is 2.47 bits per heavy atom. The molecule has 2 aliphatic rings. The zero-order valence-corrected chi connectivity index (χ0v) is 12.1. The minimum absolute atomic E-state index is 0.424. The highest BCUT2D eigenvalue weighted by atomic mass is 32.2.